The van der Waals surface area contributed by atoms with Crippen molar-refractivity contribution in [3.63, 3.8) is 0 Å². The Hall–Kier alpha value is -0.200. The summed E-state index contributed by atoms with van der Waals surface area (Å²) in [7, 11) is 0. The second-order valence-corrected chi connectivity index (χ2v) is 3.81. The van der Waals surface area contributed by atoms with Crippen molar-refractivity contribution in [2.45, 2.75) is 44.2 Å². The van der Waals surface area contributed by atoms with Crippen molar-refractivity contribution < 1.29 is 24.4 Å². The van der Waals surface area contributed by atoms with Crippen LogP contribution in [0.1, 0.15) is 13.8 Å². The molecule has 0 radical (unpaired) electrons. The van der Waals surface area contributed by atoms with Crippen molar-refractivity contribution in [2.75, 3.05) is 6.61 Å². The summed E-state index contributed by atoms with van der Waals surface area (Å²) in [6.07, 6.45) is -2.33. The normalized spacial score (nSPS) is 48.0. The van der Waals surface area contributed by atoms with E-state index in [2.05, 4.69) is 0 Å². The molecule has 76 valence electrons. The van der Waals surface area contributed by atoms with Crippen LogP contribution in [-0.2, 0) is 14.2 Å². The van der Waals surface area contributed by atoms with Crippen molar-refractivity contribution >= 4 is 0 Å². The maximum Gasteiger partial charge on any atom is 0.184 e. The molecule has 5 nitrogen and oxygen atoms in total. The van der Waals surface area contributed by atoms with Crippen molar-refractivity contribution in [1.82, 2.24) is 0 Å². The molecule has 1 unspecified atom stereocenters. The first-order valence-electron chi connectivity index (χ1n) is 4.33. The van der Waals surface area contributed by atoms with E-state index >= 15 is 0 Å². The van der Waals surface area contributed by atoms with E-state index in [1.165, 1.54) is 0 Å². The first-order chi connectivity index (χ1) is 6.03. The van der Waals surface area contributed by atoms with Gasteiger partial charge in [-0.3, -0.25) is 0 Å². The van der Waals surface area contributed by atoms with Gasteiger partial charge in [-0.05, 0) is 13.8 Å². The number of ether oxygens (including phenoxy) is 3. The summed E-state index contributed by atoms with van der Waals surface area (Å²) in [5, 5.41) is 18.3. The van der Waals surface area contributed by atoms with E-state index in [4.69, 9.17) is 19.3 Å². The van der Waals surface area contributed by atoms with E-state index in [0.29, 0.717) is 0 Å². The summed E-state index contributed by atoms with van der Waals surface area (Å²) < 4.78 is 15.9. The molecule has 2 fully saturated rings. The van der Waals surface area contributed by atoms with Gasteiger partial charge in [0.25, 0.3) is 0 Å². The fraction of sp³-hybridized carbons (Fsp3) is 1.00. The Morgan fingerprint density at radius 1 is 1.23 bits per heavy atom. The Balaban J connectivity index is 2.12. The van der Waals surface area contributed by atoms with Crippen LogP contribution < -0.4 is 0 Å². The Kier molecular flexibility index (Phi) is 2.08. The highest BCUT2D eigenvalue weighted by atomic mass is 16.8. The number of aliphatic hydroxyl groups excluding tert-OH is 2. The minimum Gasteiger partial charge on any atom is -0.394 e. The van der Waals surface area contributed by atoms with Crippen LogP contribution in [0, 0.1) is 0 Å². The Bertz CT molecular complexity index is 205. The van der Waals surface area contributed by atoms with Crippen LogP contribution in [0.3, 0.4) is 0 Å². The monoisotopic (exact) mass is 190 g/mol. The summed E-state index contributed by atoms with van der Waals surface area (Å²) in [5.74, 6) is -0.701. The molecule has 0 aromatic rings. The minimum absolute atomic E-state index is 0.169. The van der Waals surface area contributed by atoms with Gasteiger partial charge in [-0.1, -0.05) is 0 Å². The molecule has 4 atom stereocenters. The lowest BCUT2D eigenvalue weighted by Crippen LogP contribution is -2.31. The van der Waals surface area contributed by atoms with Gasteiger partial charge in [-0.2, -0.15) is 0 Å². The maximum absolute atomic E-state index is 9.39. The van der Waals surface area contributed by atoms with Gasteiger partial charge in [0, 0.05) is 0 Å². The fourth-order valence-corrected chi connectivity index (χ4v) is 1.81. The molecule has 0 aromatic carbocycles. The second-order valence-electron chi connectivity index (χ2n) is 3.81. The molecule has 0 amide bonds. The summed E-state index contributed by atoms with van der Waals surface area (Å²) in [6.45, 7) is 3.37. The highest BCUT2D eigenvalue weighted by Gasteiger charge is 2.54. The maximum atomic E-state index is 9.39. The van der Waals surface area contributed by atoms with E-state index in [1.54, 1.807) is 13.8 Å². The second kappa shape index (κ2) is 2.90. The molecule has 2 aliphatic rings. The molecule has 0 aliphatic carbocycles. The zero-order valence-electron chi connectivity index (χ0n) is 7.64. The lowest BCUT2D eigenvalue weighted by Gasteiger charge is -2.21. The van der Waals surface area contributed by atoms with Gasteiger partial charge in [0.2, 0.25) is 0 Å². The highest BCUT2D eigenvalue weighted by Crippen LogP contribution is 2.37. The molecule has 2 N–H and O–H groups in total. The van der Waals surface area contributed by atoms with E-state index < -0.39 is 24.3 Å². The first kappa shape index (κ1) is 9.36. The van der Waals surface area contributed by atoms with Crippen molar-refractivity contribution in [2.24, 2.45) is 0 Å². The molecule has 2 rings (SSSR count). The molecule has 5 heteroatoms. The van der Waals surface area contributed by atoms with Gasteiger partial charge in [-0.15, -0.1) is 0 Å². The number of fused-ring (bicyclic) bond motifs is 1. The first-order valence-corrected chi connectivity index (χ1v) is 4.33. The van der Waals surface area contributed by atoms with Crippen LogP contribution in [0.25, 0.3) is 0 Å². The van der Waals surface area contributed by atoms with Gasteiger partial charge in [0.1, 0.15) is 18.3 Å². The Labute approximate surface area is 76.2 Å². The fourth-order valence-electron chi connectivity index (χ4n) is 1.81. The molecule has 0 bridgehead atoms. The molecule has 13 heavy (non-hydrogen) atoms. The Morgan fingerprint density at radius 3 is 2.46 bits per heavy atom. The minimum atomic E-state index is -0.996. The van der Waals surface area contributed by atoms with Crippen LogP contribution in [0.2, 0.25) is 0 Å². The van der Waals surface area contributed by atoms with Crippen molar-refractivity contribution in [1.29, 1.82) is 0 Å². The van der Waals surface area contributed by atoms with Gasteiger partial charge >= 0.3 is 0 Å². The van der Waals surface area contributed by atoms with Crippen LogP contribution in [-0.4, -0.2) is 47.2 Å². The third kappa shape index (κ3) is 1.47. The summed E-state index contributed by atoms with van der Waals surface area (Å²) in [4.78, 5) is 0. The van der Waals surface area contributed by atoms with Gasteiger partial charge in [0.15, 0.2) is 12.1 Å². The van der Waals surface area contributed by atoms with E-state index in [-0.39, 0.29) is 12.7 Å². The Morgan fingerprint density at radius 2 is 1.85 bits per heavy atom. The van der Waals surface area contributed by atoms with Gasteiger partial charge in [-0.25, -0.2) is 0 Å². The third-order valence-corrected chi connectivity index (χ3v) is 2.31. The lowest BCUT2D eigenvalue weighted by molar-refractivity contribution is -0.223. The lowest BCUT2D eigenvalue weighted by atomic mass is 10.1. The largest absolute Gasteiger partial charge is 0.394 e. The smallest absolute Gasteiger partial charge is 0.184 e. The van der Waals surface area contributed by atoms with Crippen LogP contribution in [0.15, 0.2) is 0 Å². The zero-order chi connectivity index (χ0) is 9.64. The third-order valence-electron chi connectivity index (χ3n) is 2.31. The molecule has 0 aromatic heterocycles. The molecule has 2 saturated heterocycles. The summed E-state index contributed by atoms with van der Waals surface area (Å²) in [5.41, 5.74) is 0. The van der Waals surface area contributed by atoms with Crippen molar-refractivity contribution in [3.8, 4) is 0 Å². The number of hydrogen-bond acceptors (Lipinski definition) is 5. The zero-order valence-corrected chi connectivity index (χ0v) is 7.64. The SMILES string of the molecule is CC1(C)O[C@@H]2[C@H](CO)OC(O)[C@@H]2O1. The van der Waals surface area contributed by atoms with Gasteiger partial charge in [0.05, 0.1) is 6.61 Å². The molecule has 2 aliphatic heterocycles. The molecule has 0 saturated carbocycles. The number of rotatable bonds is 1. The van der Waals surface area contributed by atoms with Crippen LogP contribution >= 0.6 is 0 Å². The number of aliphatic hydroxyl groups is 2. The molecular formula is C8H14O5. The molecule has 0 spiro atoms. The van der Waals surface area contributed by atoms with Crippen molar-refractivity contribution in [3.05, 3.63) is 0 Å². The summed E-state index contributed by atoms with van der Waals surface area (Å²) in [6, 6.07) is 0. The molecule has 2 heterocycles. The standard InChI is InChI=1S/C8H14O5/c1-8(2)12-5-4(3-9)11-7(10)6(5)13-8/h4-7,9-10H,3H2,1-2H3/t4-,5+,6+,7?/m0/s1. The topological polar surface area (TPSA) is 68.2 Å². The van der Waals surface area contributed by atoms with E-state index in [0.717, 1.165) is 0 Å². The highest BCUT2D eigenvalue weighted by molar-refractivity contribution is 4.94. The predicted octanol–water partition coefficient (Wildman–Crippen LogP) is -0.784. The van der Waals surface area contributed by atoms with E-state index in [9.17, 15) is 5.11 Å². The molecular weight excluding hydrogens is 176 g/mol. The summed E-state index contributed by atoms with van der Waals surface area (Å²) >= 11 is 0. The predicted molar refractivity (Wildman–Crippen MR) is 41.8 cm³/mol. The van der Waals surface area contributed by atoms with Gasteiger partial charge < -0.3 is 24.4 Å². The number of hydrogen-bond donors (Lipinski definition) is 2. The van der Waals surface area contributed by atoms with Crippen LogP contribution in [0.4, 0.5) is 0 Å². The average Bonchev–Trinajstić information content (AvgIpc) is 2.47. The quantitative estimate of drug-likeness (QED) is 0.567. The van der Waals surface area contributed by atoms with E-state index in [1.807, 2.05) is 0 Å². The van der Waals surface area contributed by atoms with Crippen LogP contribution in [0.5, 0.6) is 0 Å². The average molecular weight is 190 g/mol.